The van der Waals surface area contributed by atoms with E-state index in [4.69, 9.17) is 0 Å². The van der Waals surface area contributed by atoms with Crippen LogP contribution in [0.4, 0.5) is 17.6 Å². The van der Waals surface area contributed by atoms with Crippen molar-refractivity contribution in [1.82, 2.24) is 0 Å². The molecule has 0 aromatic carbocycles. The molecule has 1 aliphatic carbocycles. The minimum Gasteiger partial charge on any atom is -0.303 e. The third kappa shape index (κ3) is 2.42. The van der Waals surface area contributed by atoms with Gasteiger partial charge in [0.1, 0.15) is 12.5 Å². The zero-order valence-corrected chi connectivity index (χ0v) is 6.85. The molecule has 1 nitrogen and oxygen atoms in total. The Bertz CT molecular complexity index is 189. The molecule has 0 heterocycles. The minimum atomic E-state index is -4.29. The molecular weight excluding hydrogens is 188 g/mol. The highest BCUT2D eigenvalue weighted by molar-refractivity contribution is 5.54. The molecule has 3 unspecified atom stereocenters. The molecule has 0 N–H and O–H groups in total. The molecule has 76 valence electrons. The molecule has 0 aliphatic heterocycles. The van der Waals surface area contributed by atoms with Crippen LogP contribution in [0, 0.1) is 11.8 Å². The molecule has 1 saturated carbocycles. The normalized spacial score (nSPS) is 35.8. The Balaban J connectivity index is 2.60. The molecule has 0 spiro atoms. The lowest BCUT2D eigenvalue weighted by Gasteiger charge is -2.29. The summed E-state index contributed by atoms with van der Waals surface area (Å²) in [6.07, 6.45) is -6.14. The highest BCUT2D eigenvalue weighted by Gasteiger charge is 2.44. The summed E-state index contributed by atoms with van der Waals surface area (Å²) in [4.78, 5) is 10.2. The topological polar surface area (TPSA) is 17.1 Å². The lowest BCUT2D eigenvalue weighted by Crippen LogP contribution is -2.34. The van der Waals surface area contributed by atoms with Gasteiger partial charge in [0.25, 0.3) is 0 Å². The number of halogens is 4. The first-order valence-corrected chi connectivity index (χ1v) is 4.11. The number of rotatable bonds is 1. The maximum absolute atomic E-state index is 12.8. The van der Waals surface area contributed by atoms with E-state index in [9.17, 15) is 22.4 Å². The van der Waals surface area contributed by atoms with Crippen LogP contribution >= 0.6 is 0 Å². The van der Waals surface area contributed by atoms with Gasteiger partial charge in [-0.15, -0.1) is 0 Å². The second-order valence-electron chi connectivity index (χ2n) is 3.37. The van der Waals surface area contributed by atoms with Crippen molar-refractivity contribution in [2.45, 2.75) is 31.6 Å². The molecular formula is C8H10F4O. The number of hydrogen-bond donors (Lipinski definition) is 0. The van der Waals surface area contributed by atoms with Crippen LogP contribution in [0.2, 0.25) is 0 Å². The smallest absolute Gasteiger partial charge is 0.303 e. The predicted octanol–water partition coefficient (Wildman–Crippen LogP) is 2.50. The zero-order chi connectivity index (χ0) is 10.1. The highest BCUT2D eigenvalue weighted by Crippen LogP contribution is 2.40. The van der Waals surface area contributed by atoms with Gasteiger partial charge in [-0.05, 0) is 19.3 Å². The highest BCUT2D eigenvalue weighted by atomic mass is 19.4. The van der Waals surface area contributed by atoms with Crippen molar-refractivity contribution in [1.29, 1.82) is 0 Å². The molecule has 1 fully saturated rings. The number of carbonyl (C=O) groups is 1. The quantitative estimate of drug-likeness (QED) is 0.467. The third-order valence-corrected chi connectivity index (χ3v) is 2.45. The van der Waals surface area contributed by atoms with Crippen molar-refractivity contribution in [3.63, 3.8) is 0 Å². The number of alkyl halides is 4. The van der Waals surface area contributed by atoms with Gasteiger partial charge in [0.05, 0.1) is 5.92 Å². The van der Waals surface area contributed by atoms with E-state index in [1.807, 2.05) is 0 Å². The van der Waals surface area contributed by atoms with Crippen LogP contribution in [0.3, 0.4) is 0 Å². The van der Waals surface area contributed by atoms with Crippen molar-refractivity contribution >= 4 is 6.29 Å². The van der Waals surface area contributed by atoms with E-state index >= 15 is 0 Å². The average molecular weight is 198 g/mol. The molecule has 0 saturated heterocycles. The molecule has 0 amide bonds. The summed E-state index contributed by atoms with van der Waals surface area (Å²) in [6.45, 7) is 0. The first-order valence-electron chi connectivity index (χ1n) is 4.11. The van der Waals surface area contributed by atoms with Crippen LogP contribution < -0.4 is 0 Å². The van der Waals surface area contributed by atoms with Crippen molar-refractivity contribution in [3.8, 4) is 0 Å². The summed E-state index contributed by atoms with van der Waals surface area (Å²) in [5.41, 5.74) is 0. The molecule has 1 rings (SSSR count). The Labute approximate surface area is 73.1 Å². The third-order valence-electron chi connectivity index (χ3n) is 2.45. The van der Waals surface area contributed by atoms with E-state index < -0.39 is 30.6 Å². The molecule has 1 aliphatic rings. The van der Waals surface area contributed by atoms with E-state index in [0.717, 1.165) is 0 Å². The standard InChI is InChI=1S/C8H10F4O/c9-7-2-1-6(8(10,11)12)3-5(7)4-13/h4-7H,1-3H2. The van der Waals surface area contributed by atoms with Crippen molar-refractivity contribution in [2.24, 2.45) is 11.8 Å². The maximum atomic E-state index is 12.8. The molecule has 0 radical (unpaired) electrons. The second kappa shape index (κ2) is 3.64. The fourth-order valence-corrected chi connectivity index (χ4v) is 1.61. The van der Waals surface area contributed by atoms with E-state index in [1.165, 1.54) is 0 Å². The van der Waals surface area contributed by atoms with Gasteiger partial charge in [0.15, 0.2) is 0 Å². The molecule has 0 bridgehead atoms. The van der Waals surface area contributed by atoms with Crippen LogP contribution in [0.1, 0.15) is 19.3 Å². The first kappa shape index (κ1) is 10.5. The van der Waals surface area contributed by atoms with Crippen LogP contribution in [0.5, 0.6) is 0 Å². The zero-order valence-electron chi connectivity index (χ0n) is 6.85. The van der Waals surface area contributed by atoms with Gasteiger partial charge in [-0.25, -0.2) is 4.39 Å². The second-order valence-corrected chi connectivity index (χ2v) is 3.37. The molecule has 0 aromatic heterocycles. The molecule has 13 heavy (non-hydrogen) atoms. The van der Waals surface area contributed by atoms with Gasteiger partial charge >= 0.3 is 6.18 Å². The summed E-state index contributed by atoms with van der Waals surface area (Å²) in [5.74, 6) is -2.57. The molecule has 5 heteroatoms. The summed E-state index contributed by atoms with van der Waals surface area (Å²) >= 11 is 0. The summed E-state index contributed by atoms with van der Waals surface area (Å²) < 4.78 is 49.2. The monoisotopic (exact) mass is 198 g/mol. The average Bonchev–Trinajstić information content (AvgIpc) is 2.03. The summed E-state index contributed by atoms with van der Waals surface area (Å²) in [5, 5.41) is 0. The molecule has 3 atom stereocenters. The minimum absolute atomic E-state index is 0.159. The number of hydrogen-bond acceptors (Lipinski definition) is 1. The van der Waals surface area contributed by atoms with E-state index in [1.54, 1.807) is 0 Å². The Hall–Kier alpha value is -0.610. The number of aldehydes is 1. The number of carbonyl (C=O) groups excluding carboxylic acids is 1. The fourth-order valence-electron chi connectivity index (χ4n) is 1.61. The van der Waals surface area contributed by atoms with Gasteiger partial charge < -0.3 is 4.79 Å². The summed E-state index contributed by atoms with van der Waals surface area (Å²) in [7, 11) is 0. The van der Waals surface area contributed by atoms with Crippen LogP contribution in [-0.4, -0.2) is 18.6 Å². The van der Waals surface area contributed by atoms with Crippen molar-refractivity contribution < 1.29 is 22.4 Å². The molecule has 0 aromatic rings. The SMILES string of the molecule is O=CC1CC(C(F)(F)F)CCC1F. The first-order chi connectivity index (χ1) is 5.95. The lowest BCUT2D eigenvalue weighted by atomic mass is 9.80. The van der Waals surface area contributed by atoms with Gasteiger partial charge in [-0.1, -0.05) is 0 Å². The summed E-state index contributed by atoms with van der Waals surface area (Å²) in [6, 6.07) is 0. The van der Waals surface area contributed by atoms with Crippen molar-refractivity contribution in [2.75, 3.05) is 0 Å². The van der Waals surface area contributed by atoms with Gasteiger partial charge in [0, 0.05) is 5.92 Å². The van der Waals surface area contributed by atoms with Gasteiger partial charge in [-0.2, -0.15) is 13.2 Å². The Morgan fingerprint density at radius 2 is 1.85 bits per heavy atom. The van der Waals surface area contributed by atoms with E-state index in [0.29, 0.717) is 6.29 Å². The van der Waals surface area contributed by atoms with E-state index in [-0.39, 0.29) is 12.8 Å². The van der Waals surface area contributed by atoms with Crippen LogP contribution in [0.25, 0.3) is 0 Å². The fraction of sp³-hybridized carbons (Fsp3) is 0.875. The Morgan fingerprint density at radius 3 is 2.31 bits per heavy atom. The van der Waals surface area contributed by atoms with Gasteiger partial charge in [0.2, 0.25) is 0 Å². The Kier molecular flexibility index (Phi) is 2.93. The maximum Gasteiger partial charge on any atom is 0.391 e. The Morgan fingerprint density at radius 1 is 1.23 bits per heavy atom. The lowest BCUT2D eigenvalue weighted by molar-refractivity contribution is -0.188. The van der Waals surface area contributed by atoms with Gasteiger partial charge in [-0.3, -0.25) is 0 Å². The van der Waals surface area contributed by atoms with Crippen molar-refractivity contribution in [3.05, 3.63) is 0 Å². The van der Waals surface area contributed by atoms with Crippen LogP contribution in [-0.2, 0) is 4.79 Å². The largest absolute Gasteiger partial charge is 0.391 e. The van der Waals surface area contributed by atoms with Crippen LogP contribution in [0.15, 0.2) is 0 Å². The predicted molar refractivity (Wildman–Crippen MR) is 37.8 cm³/mol. The van der Waals surface area contributed by atoms with E-state index in [2.05, 4.69) is 0 Å².